The van der Waals surface area contributed by atoms with Crippen LogP contribution in [0.5, 0.6) is 0 Å². The number of hydrogen-bond donors (Lipinski definition) is 2. The Morgan fingerprint density at radius 1 is 1.35 bits per heavy atom. The van der Waals surface area contributed by atoms with Crippen molar-refractivity contribution in [3.8, 4) is 0 Å². The molecule has 17 heavy (non-hydrogen) atoms. The predicted octanol–water partition coefficient (Wildman–Crippen LogP) is 0.165. The van der Waals surface area contributed by atoms with Crippen LogP contribution in [0.25, 0.3) is 0 Å². The van der Waals surface area contributed by atoms with Gasteiger partial charge in [0.05, 0.1) is 11.8 Å². The van der Waals surface area contributed by atoms with E-state index in [1.165, 1.54) is 0 Å². The van der Waals surface area contributed by atoms with Crippen molar-refractivity contribution < 1.29 is 14.7 Å². The maximum Gasteiger partial charge on any atom is 0.308 e. The first-order chi connectivity index (χ1) is 8.09. The number of likely N-dealkylation sites (tertiary alicyclic amines) is 1. The number of carboxylic acid groups (broad SMARTS) is 1. The molecule has 0 aliphatic carbocycles. The Bertz CT molecular complexity index is 319. The van der Waals surface area contributed by atoms with Crippen LogP contribution in [-0.4, -0.2) is 48.1 Å². The van der Waals surface area contributed by atoms with Gasteiger partial charge >= 0.3 is 5.97 Å². The Balaban J connectivity index is 1.97. The molecule has 2 rings (SSSR count). The van der Waals surface area contributed by atoms with Gasteiger partial charge in [-0.05, 0) is 25.3 Å². The minimum atomic E-state index is -0.778. The average Bonchev–Trinajstić information content (AvgIpc) is 2.74. The Morgan fingerprint density at radius 3 is 2.71 bits per heavy atom. The van der Waals surface area contributed by atoms with Crippen molar-refractivity contribution >= 4 is 11.9 Å². The van der Waals surface area contributed by atoms with Crippen molar-refractivity contribution in [1.29, 1.82) is 0 Å². The standard InChI is InChI=1S/C12H20N2O3/c1-8-5-13-6-10(8)11(15)14-4-2-3-9(7-14)12(16)17/h8-10,13H,2-7H2,1H3,(H,16,17). The Morgan fingerprint density at radius 2 is 2.12 bits per heavy atom. The number of carbonyl (C=O) groups excluding carboxylic acids is 1. The third kappa shape index (κ3) is 2.60. The van der Waals surface area contributed by atoms with Crippen LogP contribution in [-0.2, 0) is 9.59 Å². The van der Waals surface area contributed by atoms with Crippen molar-refractivity contribution in [3.63, 3.8) is 0 Å². The van der Waals surface area contributed by atoms with Crippen LogP contribution in [0.15, 0.2) is 0 Å². The third-order valence-corrected chi connectivity index (χ3v) is 3.92. The number of nitrogens with one attached hydrogen (secondary N) is 1. The van der Waals surface area contributed by atoms with Crippen LogP contribution >= 0.6 is 0 Å². The molecule has 0 saturated carbocycles. The van der Waals surface area contributed by atoms with E-state index in [9.17, 15) is 9.59 Å². The summed E-state index contributed by atoms with van der Waals surface area (Å²) in [5.74, 6) is -0.638. The molecule has 0 aromatic heterocycles. The predicted molar refractivity (Wildman–Crippen MR) is 62.5 cm³/mol. The second kappa shape index (κ2) is 5.04. The number of carbonyl (C=O) groups is 2. The van der Waals surface area contributed by atoms with E-state index in [0.717, 1.165) is 19.5 Å². The van der Waals surface area contributed by atoms with Gasteiger partial charge < -0.3 is 15.3 Å². The maximum atomic E-state index is 12.3. The minimum Gasteiger partial charge on any atom is -0.481 e. The molecule has 2 saturated heterocycles. The lowest BCUT2D eigenvalue weighted by Gasteiger charge is -2.33. The lowest BCUT2D eigenvalue weighted by Crippen LogP contribution is -2.46. The molecule has 0 radical (unpaired) electrons. The van der Waals surface area contributed by atoms with Crippen molar-refractivity contribution in [2.24, 2.45) is 17.8 Å². The van der Waals surface area contributed by atoms with E-state index < -0.39 is 5.97 Å². The van der Waals surface area contributed by atoms with Crippen LogP contribution < -0.4 is 5.32 Å². The quantitative estimate of drug-likeness (QED) is 0.721. The summed E-state index contributed by atoms with van der Waals surface area (Å²) in [6.07, 6.45) is 1.49. The highest BCUT2D eigenvalue weighted by molar-refractivity contribution is 5.81. The molecule has 2 fully saturated rings. The van der Waals surface area contributed by atoms with Crippen molar-refractivity contribution in [2.75, 3.05) is 26.2 Å². The maximum absolute atomic E-state index is 12.3. The van der Waals surface area contributed by atoms with Gasteiger partial charge in [0.15, 0.2) is 0 Å². The van der Waals surface area contributed by atoms with Gasteiger partial charge in [0.2, 0.25) is 5.91 Å². The highest BCUT2D eigenvalue weighted by Crippen LogP contribution is 2.23. The fraction of sp³-hybridized carbons (Fsp3) is 0.833. The van der Waals surface area contributed by atoms with E-state index in [-0.39, 0.29) is 17.7 Å². The lowest BCUT2D eigenvalue weighted by atomic mass is 9.93. The van der Waals surface area contributed by atoms with Crippen molar-refractivity contribution in [2.45, 2.75) is 19.8 Å². The van der Waals surface area contributed by atoms with E-state index in [4.69, 9.17) is 5.11 Å². The Kier molecular flexibility index (Phi) is 3.66. The molecule has 0 bridgehead atoms. The van der Waals surface area contributed by atoms with E-state index in [0.29, 0.717) is 25.4 Å². The van der Waals surface area contributed by atoms with Crippen LogP contribution in [0.3, 0.4) is 0 Å². The van der Waals surface area contributed by atoms with Gasteiger partial charge in [-0.25, -0.2) is 0 Å². The molecule has 1 amide bonds. The molecule has 2 N–H and O–H groups in total. The molecular weight excluding hydrogens is 220 g/mol. The summed E-state index contributed by atoms with van der Waals surface area (Å²) in [5, 5.41) is 12.2. The molecule has 3 unspecified atom stereocenters. The number of piperidine rings is 1. The minimum absolute atomic E-state index is 0.0301. The first-order valence-corrected chi connectivity index (χ1v) is 6.32. The van der Waals surface area contributed by atoms with Gasteiger partial charge in [0.1, 0.15) is 0 Å². The van der Waals surface area contributed by atoms with E-state index >= 15 is 0 Å². The molecule has 2 heterocycles. The Labute approximate surface area is 101 Å². The van der Waals surface area contributed by atoms with Gasteiger partial charge in [0.25, 0.3) is 0 Å². The summed E-state index contributed by atoms with van der Waals surface area (Å²) in [4.78, 5) is 25.0. The number of carboxylic acids is 1. The summed E-state index contributed by atoms with van der Waals surface area (Å²) < 4.78 is 0. The molecule has 96 valence electrons. The largest absolute Gasteiger partial charge is 0.481 e. The summed E-state index contributed by atoms with van der Waals surface area (Å²) in [5.41, 5.74) is 0. The third-order valence-electron chi connectivity index (χ3n) is 3.92. The number of rotatable bonds is 2. The lowest BCUT2D eigenvalue weighted by molar-refractivity contribution is -0.146. The van der Waals surface area contributed by atoms with Gasteiger partial charge in [-0.15, -0.1) is 0 Å². The van der Waals surface area contributed by atoms with Gasteiger partial charge in [-0.3, -0.25) is 9.59 Å². The first kappa shape index (κ1) is 12.4. The summed E-state index contributed by atoms with van der Waals surface area (Å²) in [7, 11) is 0. The highest BCUT2D eigenvalue weighted by Gasteiger charge is 2.35. The van der Waals surface area contributed by atoms with Crippen LogP contribution in [0.4, 0.5) is 0 Å². The summed E-state index contributed by atoms with van der Waals surface area (Å²) in [6.45, 7) is 4.78. The number of amides is 1. The first-order valence-electron chi connectivity index (χ1n) is 6.32. The zero-order valence-corrected chi connectivity index (χ0v) is 10.2. The van der Waals surface area contributed by atoms with Gasteiger partial charge in [0, 0.05) is 19.6 Å². The van der Waals surface area contributed by atoms with Crippen LogP contribution in [0, 0.1) is 17.8 Å². The second-order valence-electron chi connectivity index (χ2n) is 5.20. The van der Waals surface area contributed by atoms with Crippen molar-refractivity contribution in [1.82, 2.24) is 10.2 Å². The van der Waals surface area contributed by atoms with E-state index in [1.807, 2.05) is 0 Å². The fourth-order valence-corrected chi connectivity index (χ4v) is 2.75. The molecule has 0 spiro atoms. The van der Waals surface area contributed by atoms with Crippen molar-refractivity contribution in [3.05, 3.63) is 0 Å². The zero-order valence-electron chi connectivity index (χ0n) is 10.2. The topological polar surface area (TPSA) is 69.6 Å². The zero-order chi connectivity index (χ0) is 12.4. The SMILES string of the molecule is CC1CNCC1C(=O)N1CCCC(C(=O)O)C1. The molecular formula is C12H20N2O3. The van der Waals surface area contributed by atoms with Gasteiger partial charge in [-0.1, -0.05) is 6.92 Å². The van der Waals surface area contributed by atoms with Crippen LogP contribution in [0.1, 0.15) is 19.8 Å². The van der Waals surface area contributed by atoms with E-state index in [1.54, 1.807) is 4.90 Å². The normalized spacial score (nSPS) is 33.7. The number of nitrogens with zero attached hydrogens (tertiary/aromatic N) is 1. The molecule has 2 aliphatic heterocycles. The molecule has 2 aliphatic rings. The fourth-order valence-electron chi connectivity index (χ4n) is 2.75. The number of aliphatic carboxylic acids is 1. The summed E-state index contributed by atoms with van der Waals surface area (Å²) >= 11 is 0. The Hall–Kier alpha value is -1.10. The molecule has 5 nitrogen and oxygen atoms in total. The monoisotopic (exact) mass is 240 g/mol. The molecule has 3 atom stereocenters. The number of hydrogen-bond acceptors (Lipinski definition) is 3. The van der Waals surface area contributed by atoms with Crippen LogP contribution in [0.2, 0.25) is 0 Å². The smallest absolute Gasteiger partial charge is 0.308 e. The highest BCUT2D eigenvalue weighted by atomic mass is 16.4. The average molecular weight is 240 g/mol. The van der Waals surface area contributed by atoms with E-state index in [2.05, 4.69) is 12.2 Å². The molecule has 0 aromatic rings. The summed E-state index contributed by atoms with van der Waals surface area (Å²) in [6, 6.07) is 0. The molecule has 5 heteroatoms. The second-order valence-corrected chi connectivity index (χ2v) is 5.20. The molecule has 0 aromatic carbocycles. The van der Waals surface area contributed by atoms with Gasteiger partial charge in [-0.2, -0.15) is 0 Å².